The number of fused-ring (bicyclic) bond motifs is 2. The molecule has 0 spiro atoms. The Labute approximate surface area is 186 Å². The SMILES string of the molecule is N#CN1CC2CC(NC(=O)c3ccc(-c4ccccc4Sc4ccccc4)cc3)C1C2. The van der Waals surface area contributed by atoms with E-state index in [0.717, 1.165) is 30.5 Å². The molecule has 31 heavy (non-hydrogen) atoms. The summed E-state index contributed by atoms with van der Waals surface area (Å²) in [6.45, 7) is 0.836. The number of nitriles is 1. The molecule has 4 nitrogen and oxygen atoms in total. The van der Waals surface area contributed by atoms with Crippen LogP contribution >= 0.6 is 11.8 Å². The third-order valence-corrected chi connectivity index (χ3v) is 7.33. The Bertz CT molecular complexity index is 1120. The van der Waals surface area contributed by atoms with Gasteiger partial charge in [0.2, 0.25) is 0 Å². The van der Waals surface area contributed by atoms with E-state index < -0.39 is 0 Å². The van der Waals surface area contributed by atoms with E-state index >= 15 is 0 Å². The van der Waals surface area contributed by atoms with Crippen molar-refractivity contribution in [1.29, 1.82) is 5.26 Å². The highest BCUT2D eigenvalue weighted by Gasteiger charge is 2.45. The Morgan fingerprint density at radius 2 is 1.71 bits per heavy atom. The molecule has 2 aliphatic rings. The zero-order valence-electron chi connectivity index (χ0n) is 17.1. The molecule has 1 amide bonds. The second kappa shape index (κ2) is 8.49. The maximum Gasteiger partial charge on any atom is 0.251 e. The van der Waals surface area contributed by atoms with E-state index in [1.165, 1.54) is 9.79 Å². The molecule has 1 N–H and O–H groups in total. The molecule has 3 aromatic rings. The zero-order chi connectivity index (χ0) is 21.2. The summed E-state index contributed by atoms with van der Waals surface area (Å²) in [7, 11) is 0. The number of nitrogens with zero attached hydrogens (tertiary/aromatic N) is 2. The minimum absolute atomic E-state index is 0.0612. The number of likely N-dealkylation sites (tertiary alicyclic amines) is 1. The van der Waals surface area contributed by atoms with Crippen molar-refractivity contribution in [2.24, 2.45) is 5.92 Å². The van der Waals surface area contributed by atoms with Gasteiger partial charge in [-0.05, 0) is 60.2 Å². The molecule has 1 aliphatic carbocycles. The molecular formula is C26H23N3OS. The molecule has 3 unspecified atom stereocenters. The van der Waals surface area contributed by atoms with Gasteiger partial charge in [0.05, 0.1) is 12.1 Å². The molecule has 1 aliphatic heterocycles. The van der Waals surface area contributed by atoms with Gasteiger partial charge in [0.1, 0.15) is 0 Å². The first-order chi connectivity index (χ1) is 15.2. The normalized spacial score (nSPS) is 21.6. The Hall–Kier alpha value is -3.23. The monoisotopic (exact) mass is 425 g/mol. The van der Waals surface area contributed by atoms with Gasteiger partial charge in [0, 0.05) is 21.9 Å². The largest absolute Gasteiger partial charge is 0.347 e. The molecule has 1 saturated heterocycles. The summed E-state index contributed by atoms with van der Waals surface area (Å²) in [5.74, 6) is 0.463. The minimum atomic E-state index is -0.0612. The highest BCUT2D eigenvalue weighted by Crippen LogP contribution is 2.38. The van der Waals surface area contributed by atoms with Crippen molar-refractivity contribution >= 4 is 17.7 Å². The van der Waals surface area contributed by atoms with Gasteiger partial charge in [-0.25, -0.2) is 0 Å². The summed E-state index contributed by atoms with van der Waals surface area (Å²) < 4.78 is 0. The van der Waals surface area contributed by atoms with Gasteiger partial charge in [-0.1, -0.05) is 60.3 Å². The summed E-state index contributed by atoms with van der Waals surface area (Å²) in [5, 5.41) is 12.4. The molecule has 5 rings (SSSR count). The van der Waals surface area contributed by atoms with Crippen LogP contribution in [0.25, 0.3) is 11.1 Å². The number of hydrogen-bond donors (Lipinski definition) is 1. The Morgan fingerprint density at radius 1 is 0.968 bits per heavy atom. The van der Waals surface area contributed by atoms with Crippen molar-refractivity contribution in [3.05, 3.63) is 84.4 Å². The number of amides is 1. The highest BCUT2D eigenvalue weighted by molar-refractivity contribution is 7.99. The standard InChI is InChI=1S/C26H23N3OS/c27-17-29-16-18-14-23(24(29)15-18)28-26(30)20-12-10-19(11-13-20)22-8-4-5-9-25(22)31-21-6-2-1-3-7-21/h1-13,18,23-24H,14-16H2,(H,28,30). The van der Waals surface area contributed by atoms with Crippen LogP contribution in [0.4, 0.5) is 0 Å². The summed E-state index contributed by atoms with van der Waals surface area (Å²) in [6.07, 6.45) is 4.24. The lowest BCUT2D eigenvalue weighted by Crippen LogP contribution is -2.48. The van der Waals surface area contributed by atoms with E-state index in [0.29, 0.717) is 11.5 Å². The minimum Gasteiger partial charge on any atom is -0.347 e. The molecule has 1 saturated carbocycles. The van der Waals surface area contributed by atoms with Crippen molar-refractivity contribution in [3.63, 3.8) is 0 Å². The van der Waals surface area contributed by atoms with Gasteiger partial charge in [-0.15, -0.1) is 0 Å². The van der Waals surface area contributed by atoms with Gasteiger partial charge >= 0.3 is 0 Å². The van der Waals surface area contributed by atoms with Gasteiger partial charge < -0.3 is 10.2 Å². The maximum absolute atomic E-state index is 12.8. The molecule has 2 fully saturated rings. The van der Waals surface area contributed by atoms with Crippen molar-refractivity contribution in [2.75, 3.05) is 6.54 Å². The van der Waals surface area contributed by atoms with Crippen LogP contribution in [0.3, 0.4) is 0 Å². The Kier molecular flexibility index (Phi) is 5.40. The summed E-state index contributed by atoms with van der Waals surface area (Å²) >= 11 is 1.74. The predicted octanol–water partition coefficient (Wildman–Crippen LogP) is 5.18. The average Bonchev–Trinajstić information content (AvgIpc) is 3.40. The van der Waals surface area contributed by atoms with Crippen LogP contribution in [0.1, 0.15) is 23.2 Å². The average molecular weight is 426 g/mol. The van der Waals surface area contributed by atoms with Gasteiger partial charge in [-0.3, -0.25) is 4.79 Å². The summed E-state index contributed by atoms with van der Waals surface area (Å²) in [6, 6.07) is 26.7. The molecule has 5 heteroatoms. The fraction of sp³-hybridized carbons (Fsp3) is 0.231. The third-order valence-electron chi connectivity index (χ3n) is 6.24. The van der Waals surface area contributed by atoms with Crippen molar-refractivity contribution in [2.45, 2.75) is 34.7 Å². The van der Waals surface area contributed by atoms with Crippen LogP contribution in [-0.4, -0.2) is 29.4 Å². The zero-order valence-corrected chi connectivity index (χ0v) is 17.9. The van der Waals surface area contributed by atoms with E-state index in [1.54, 1.807) is 11.8 Å². The van der Waals surface area contributed by atoms with Crippen molar-refractivity contribution < 1.29 is 4.79 Å². The number of nitrogens with one attached hydrogen (secondary N) is 1. The lowest BCUT2D eigenvalue weighted by Gasteiger charge is -2.29. The molecular weight excluding hydrogens is 402 g/mol. The quantitative estimate of drug-likeness (QED) is 0.573. The number of carbonyl (C=O) groups is 1. The Balaban J connectivity index is 1.31. The third kappa shape index (κ3) is 4.04. The maximum atomic E-state index is 12.8. The number of rotatable bonds is 5. The van der Waals surface area contributed by atoms with Crippen molar-refractivity contribution in [1.82, 2.24) is 10.2 Å². The summed E-state index contributed by atoms with van der Waals surface area (Å²) in [5.41, 5.74) is 2.90. The lowest BCUT2D eigenvalue weighted by atomic mass is 10.0. The van der Waals surface area contributed by atoms with Gasteiger partial charge in [0.25, 0.3) is 5.91 Å². The molecule has 0 radical (unpaired) electrons. The predicted molar refractivity (Wildman–Crippen MR) is 123 cm³/mol. The van der Waals surface area contributed by atoms with Crippen molar-refractivity contribution in [3.8, 4) is 17.3 Å². The van der Waals surface area contributed by atoms with E-state index in [-0.39, 0.29) is 18.0 Å². The van der Waals surface area contributed by atoms with E-state index in [2.05, 4.69) is 41.8 Å². The van der Waals surface area contributed by atoms with Crippen LogP contribution in [0.15, 0.2) is 88.7 Å². The Morgan fingerprint density at radius 3 is 2.45 bits per heavy atom. The number of hydrogen-bond acceptors (Lipinski definition) is 4. The molecule has 3 aromatic carbocycles. The highest BCUT2D eigenvalue weighted by atomic mass is 32.2. The molecule has 1 heterocycles. The summed E-state index contributed by atoms with van der Waals surface area (Å²) in [4.78, 5) is 17.0. The second-order valence-electron chi connectivity index (χ2n) is 8.23. The van der Waals surface area contributed by atoms with E-state index in [4.69, 9.17) is 0 Å². The first-order valence-corrected chi connectivity index (χ1v) is 11.4. The molecule has 154 valence electrons. The number of piperidine rings is 1. The lowest BCUT2D eigenvalue weighted by molar-refractivity contribution is 0.0912. The molecule has 3 atom stereocenters. The van der Waals surface area contributed by atoms with Crippen LogP contribution < -0.4 is 5.32 Å². The molecule has 2 bridgehead atoms. The van der Waals surface area contributed by atoms with Crippen LogP contribution in [-0.2, 0) is 0 Å². The fourth-order valence-corrected chi connectivity index (χ4v) is 5.75. The first-order valence-electron chi connectivity index (χ1n) is 10.6. The van der Waals surface area contributed by atoms with Crippen LogP contribution in [0, 0.1) is 17.4 Å². The number of carbonyl (C=O) groups excluding carboxylic acids is 1. The second-order valence-corrected chi connectivity index (χ2v) is 9.34. The first kappa shape index (κ1) is 19.7. The smallest absolute Gasteiger partial charge is 0.251 e. The van der Waals surface area contributed by atoms with Crippen LogP contribution in [0.5, 0.6) is 0 Å². The number of benzene rings is 3. The molecule has 0 aromatic heterocycles. The fourth-order valence-electron chi connectivity index (χ4n) is 4.76. The topological polar surface area (TPSA) is 56.1 Å². The van der Waals surface area contributed by atoms with Gasteiger partial charge in [-0.2, -0.15) is 5.26 Å². The van der Waals surface area contributed by atoms with Gasteiger partial charge in [0.15, 0.2) is 6.19 Å². The van der Waals surface area contributed by atoms with E-state index in [1.807, 2.05) is 53.4 Å². The van der Waals surface area contributed by atoms with E-state index in [9.17, 15) is 10.1 Å². The van der Waals surface area contributed by atoms with Crippen LogP contribution in [0.2, 0.25) is 0 Å².